The van der Waals surface area contributed by atoms with Crippen molar-refractivity contribution in [3.8, 4) is 0 Å². The molecule has 19 heavy (non-hydrogen) atoms. The third-order valence-electron chi connectivity index (χ3n) is 3.45. The first kappa shape index (κ1) is 18.4. The van der Waals surface area contributed by atoms with Crippen LogP contribution in [0, 0.1) is 0 Å². The molecular formula is C17H33NO. The van der Waals surface area contributed by atoms with Gasteiger partial charge in [0.15, 0.2) is 0 Å². The number of carbonyl (C=O) groups is 1. The van der Waals surface area contributed by atoms with Crippen molar-refractivity contribution in [3.63, 3.8) is 0 Å². The highest BCUT2D eigenvalue weighted by Crippen LogP contribution is 2.08. The van der Waals surface area contributed by atoms with Crippen LogP contribution in [-0.2, 0) is 4.79 Å². The Labute approximate surface area is 119 Å². The van der Waals surface area contributed by atoms with Crippen molar-refractivity contribution < 1.29 is 4.79 Å². The molecule has 0 radical (unpaired) electrons. The molecule has 0 atom stereocenters. The second kappa shape index (κ2) is 15.4. The lowest BCUT2D eigenvalue weighted by atomic mass is 10.1. The van der Waals surface area contributed by atoms with E-state index in [-0.39, 0.29) is 12.3 Å². The third-order valence-corrected chi connectivity index (χ3v) is 3.45. The molecule has 0 amide bonds. The van der Waals surface area contributed by atoms with Crippen molar-refractivity contribution in [2.75, 3.05) is 6.54 Å². The van der Waals surface area contributed by atoms with E-state index < -0.39 is 0 Å². The summed E-state index contributed by atoms with van der Waals surface area (Å²) in [5, 5.41) is 0. The monoisotopic (exact) mass is 267 g/mol. The molecule has 0 heterocycles. The Balaban J connectivity index is 3.11. The number of carbonyl (C=O) groups excluding carboxylic acids is 1. The van der Waals surface area contributed by atoms with Crippen LogP contribution in [0.4, 0.5) is 0 Å². The number of hydrogen-bond donors (Lipinski definition) is 1. The minimum atomic E-state index is 0.193. The van der Waals surface area contributed by atoms with Gasteiger partial charge in [0, 0.05) is 6.42 Å². The lowest BCUT2D eigenvalue weighted by Gasteiger charge is -1.98. The maximum atomic E-state index is 11.0. The third kappa shape index (κ3) is 15.3. The van der Waals surface area contributed by atoms with Crippen molar-refractivity contribution >= 4 is 5.78 Å². The maximum absolute atomic E-state index is 11.0. The molecule has 0 unspecified atom stereocenters. The molecular weight excluding hydrogens is 234 g/mol. The summed E-state index contributed by atoms with van der Waals surface area (Å²) in [6, 6.07) is 0. The minimum absolute atomic E-state index is 0.193. The Kier molecular flexibility index (Phi) is 14.9. The zero-order chi connectivity index (χ0) is 14.2. The quantitative estimate of drug-likeness (QED) is 0.364. The summed E-state index contributed by atoms with van der Waals surface area (Å²) in [6.45, 7) is 2.47. The Bertz CT molecular complexity index is 223. The molecule has 2 heteroatoms. The molecule has 0 aliphatic rings. The number of allylic oxidation sites excluding steroid dienone is 2. The molecule has 0 aromatic carbocycles. The average Bonchev–Trinajstić information content (AvgIpc) is 2.43. The molecule has 112 valence electrons. The van der Waals surface area contributed by atoms with Crippen molar-refractivity contribution in [1.82, 2.24) is 0 Å². The predicted molar refractivity (Wildman–Crippen MR) is 84.3 cm³/mol. The fraction of sp³-hybridized carbons (Fsp3) is 0.824. The van der Waals surface area contributed by atoms with Crippen LogP contribution < -0.4 is 5.73 Å². The van der Waals surface area contributed by atoms with Gasteiger partial charge in [-0.05, 0) is 32.1 Å². The molecule has 0 aliphatic carbocycles. The highest BCUT2D eigenvalue weighted by atomic mass is 16.1. The van der Waals surface area contributed by atoms with E-state index in [0.717, 1.165) is 19.3 Å². The molecule has 0 saturated carbocycles. The predicted octanol–water partition coefficient (Wildman–Crippen LogP) is 4.77. The Morgan fingerprint density at radius 1 is 0.842 bits per heavy atom. The standard InChI is InChI=1S/C17H33NO/c1-2-3-4-5-6-7-8-9-10-11-12-13-14-15-17(19)16-18/h9-10H,2-8,11-16,18H2,1H3/b10-9-. The van der Waals surface area contributed by atoms with Crippen LogP contribution >= 0.6 is 0 Å². The van der Waals surface area contributed by atoms with Crippen molar-refractivity contribution in [1.29, 1.82) is 0 Å². The van der Waals surface area contributed by atoms with E-state index >= 15 is 0 Å². The van der Waals surface area contributed by atoms with Crippen molar-refractivity contribution in [3.05, 3.63) is 12.2 Å². The highest BCUT2D eigenvalue weighted by Gasteiger charge is 1.96. The molecule has 0 aromatic rings. The van der Waals surface area contributed by atoms with Gasteiger partial charge in [-0.3, -0.25) is 4.79 Å². The van der Waals surface area contributed by atoms with Gasteiger partial charge in [-0.2, -0.15) is 0 Å². The van der Waals surface area contributed by atoms with Crippen LogP contribution in [0.5, 0.6) is 0 Å². The lowest BCUT2D eigenvalue weighted by molar-refractivity contribution is -0.117. The van der Waals surface area contributed by atoms with Crippen LogP contribution in [0.15, 0.2) is 12.2 Å². The van der Waals surface area contributed by atoms with E-state index in [1.807, 2.05) is 0 Å². The Hall–Kier alpha value is -0.630. The fourth-order valence-corrected chi connectivity index (χ4v) is 2.14. The van der Waals surface area contributed by atoms with E-state index in [0.29, 0.717) is 6.42 Å². The zero-order valence-corrected chi connectivity index (χ0v) is 12.8. The summed E-state index contributed by atoms with van der Waals surface area (Å²) in [7, 11) is 0. The van der Waals surface area contributed by atoms with Crippen LogP contribution in [-0.4, -0.2) is 12.3 Å². The molecule has 2 nitrogen and oxygen atoms in total. The van der Waals surface area contributed by atoms with Gasteiger partial charge in [0.1, 0.15) is 5.78 Å². The molecule has 0 aliphatic heterocycles. The van der Waals surface area contributed by atoms with Crippen LogP contribution in [0.25, 0.3) is 0 Å². The summed E-state index contributed by atoms with van der Waals surface area (Å²) in [5.74, 6) is 0.193. The van der Waals surface area contributed by atoms with E-state index in [9.17, 15) is 4.79 Å². The maximum Gasteiger partial charge on any atom is 0.146 e. The molecule has 0 fully saturated rings. The van der Waals surface area contributed by atoms with Gasteiger partial charge in [0.25, 0.3) is 0 Å². The van der Waals surface area contributed by atoms with E-state index in [4.69, 9.17) is 5.73 Å². The Morgan fingerprint density at radius 2 is 1.37 bits per heavy atom. The number of nitrogens with two attached hydrogens (primary N) is 1. The van der Waals surface area contributed by atoms with Crippen LogP contribution in [0.2, 0.25) is 0 Å². The molecule has 0 aromatic heterocycles. The zero-order valence-electron chi connectivity index (χ0n) is 12.8. The van der Waals surface area contributed by atoms with Gasteiger partial charge in [0.05, 0.1) is 6.54 Å². The largest absolute Gasteiger partial charge is 0.324 e. The molecule has 0 saturated heterocycles. The summed E-state index contributed by atoms with van der Waals surface area (Å²) < 4.78 is 0. The number of hydrogen-bond acceptors (Lipinski definition) is 2. The number of unbranched alkanes of at least 4 members (excludes halogenated alkanes) is 9. The first-order valence-corrected chi connectivity index (χ1v) is 8.18. The summed E-state index contributed by atoms with van der Waals surface area (Å²) in [5.41, 5.74) is 5.26. The van der Waals surface area contributed by atoms with E-state index in [1.165, 1.54) is 51.4 Å². The van der Waals surface area contributed by atoms with E-state index in [2.05, 4.69) is 19.1 Å². The Morgan fingerprint density at radius 3 is 1.95 bits per heavy atom. The number of Topliss-reactive ketones (excluding diaryl/α,β-unsaturated/α-hetero) is 1. The molecule has 2 N–H and O–H groups in total. The van der Waals surface area contributed by atoms with Gasteiger partial charge in [0.2, 0.25) is 0 Å². The van der Waals surface area contributed by atoms with Gasteiger partial charge < -0.3 is 5.73 Å². The number of rotatable bonds is 14. The topological polar surface area (TPSA) is 43.1 Å². The average molecular weight is 267 g/mol. The van der Waals surface area contributed by atoms with Gasteiger partial charge in [-0.15, -0.1) is 0 Å². The fourth-order valence-electron chi connectivity index (χ4n) is 2.14. The minimum Gasteiger partial charge on any atom is -0.324 e. The molecule has 0 rings (SSSR count). The second-order valence-electron chi connectivity index (χ2n) is 5.37. The van der Waals surface area contributed by atoms with Crippen molar-refractivity contribution in [2.24, 2.45) is 5.73 Å². The normalized spacial score (nSPS) is 11.3. The van der Waals surface area contributed by atoms with Gasteiger partial charge in [-0.25, -0.2) is 0 Å². The lowest BCUT2D eigenvalue weighted by Crippen LogP contribution is -2.12. The van der Waals surface area contributed by atoms with Crippen molar-refractivity contribution in [2.45, 2.75) is 84.0 Å². The first-order chi connectivity index (χ1) is 9.31. The smallest absolute Gasteiger partial charge is 0.146 e. The summed E-state index contributed by atoms with van der Waals surface area (Å²) >= 11 is 0. The SMILES string of the molecule is CCCCCCCC/C=C\CCCCCC(=O)CN. The molecule has 0 spiro atoms. The second-order valence-corrected chi connectivity index (χ2v) is 5.37. The first-order valence-electron chi connectivity index (χ1n) is 8.18. The van der Waals surface area contributed by atoms with Crippen LogP contribution in [0.1, 0.15) is 84.0 Å². The van der Waals surface area contributed by atoms with Gasteiger partial charge >= 0.3 is 0 Å². The van der Waals surface area contributed by atoms with Crippen LogP contribution in [0.3, 0.4) is 0 Å². The molecule has 0 bridgehead atoms. The summed E-state index contributed by atoms with van der Waals surface area (Å²) in [4.78, 5) is 11.0. The number of ketones is 1. The van der Waals surface area contributed by atoms with Gasteiger partial charge in [-0.1, -0.05) is 57.6 Å². The summed E-state index contributed by atoms with van der Waals surface area (Å²) in [6.07, 6.45) is 19.3. The van der Waals surface area contributed by atoms with E-state index in [1.54, 1.807) is 0 Å². The highest BCUT2D eigenvalue weighted by molar-refractivity contribution is 5.80.